The summed E-state index contributed by atoms with van der Waals surface area (Å²) in [4.78, 5) is 12.9. The molecule has 0 radical (unpaired) electrons. The Morgan fingerprint density at radius 1 is 0.963 bits per heavy atom. The fourth-order valence-electron chi connectivity index (χ4n) is 3.32. The Bertz CT molecular complexity index is 684. The van der Waals surface area contributed by atoms with Crippen molar-refractivity contribution in [2.45, 2.75) is 84.0 Å². The summed E-state index contributed by atoms with van der Waals surface area (Å²) >= 11 is 0. The second-order valence-corrected chi connectivity index (χ2v) is 7.33. The van der Waals surface area contributed by atoms with Gasteiger partial charge in [-0.2, -0.15) is 0 Å². The number of fused-ring (bicyclic) bond motifs is 1. The summed E-state index contributed by atoms with van der Waals surface area (Å²) in [5.74, 6) is -0.124. The number of nitrogens with zero attached hydrogens (tertiary/aromatic N) is 3. The quantitative estimate of drug-likeness (QED) is 0.356. The van der Waals surface area contributed by atoms with Crippen LogP contribution >= 0.6 is 0 Å². The van der Waals surface area contributed by atoms with E-state index in [1.54, 1.807) is 18.2 Å². The highest BCUT2D eigenvalue weighted by atomic mass is 16.5. The first-order valence-electron chi connectivity index (χ1n) is 10.6. The Kier molecular flexibility index (Phi) is 9.66. The molecule has 1 heterocycles. The molecular formula is C21H34N4O2. The number of benzene rings is 1. The van der Waals surface area contributed by atoms with E-state index in [2.05, 4.69) is 22.6 Å². The third-order valence-electron chi connectivity index (χ3n) is 5.01. The minimum Gasteiger partial charge on any atom is -0.410 e. The molecule has 0 unspecified atom stereocenters. The number of hydrogen-bond acceptors (Lipinski definition) is 4. The Morgan fingerprint density at radius 3 is 2.19 bits per heavy atom. The van der Waals surface area contributed by atoms with E-state index in [-0.39, 0.29) is 5.91 Å². The molecule has 0 aliphatic rings. The highest BCUT2D eigenvalue weighted by Crippen LogP contribution is 2.13. The van der Waals surface area contributed by atoms with E-state index in [0.717, 1.165) is 12.8 Å². The van der Waals surface area contributed by atoms with E-state index in [1.807, 2.05) is 0 Å². The van der Waals surface area contributed by atoms with Gasteiger partial charge in [0, 0.05) is 12.1 Å². The molecule has 27 heavy (non-hydrogen) atoms. The average molecular weight is 375 g/mol. The minimum absolute atomic E-state index is 0.124. The van der Waals surface area contributed by atoms with Crippen LogP contribution in [0.15, 0.2) is 18.2 Å². The van der Waals surface area contributed by atoms with Gasteiger partial charge in [0.1, 0.15) is 11.0 Å². The van der Waals surface area contributed by atoms with Gasteiger partial charge in [-0.1, -0.05) is 82.4 Å². The van der Waals surface area contributed by atoms with E-state index in [0.29, 0.717) is 28.0 Å². The molecule has 0 atom stereocenters. The van der Waals surface area contributed by atoms with Gasteiger partial charge in [0.15, 0.2) is 0 Å². The second kappa shape index (κ2) is 12.3. The van der Waals surface area contributed by atoms with Crippen molar-refractivity contribution in [1.29, 1.82) is 0 Å². The first-order chi connectivity index (χ1) is 13.2. The smallest absolute Gasteiger partial charge is 0.251 e. The zero-order valence-electron chi connectivity index (χ0n) is 16.6. The SMILES string of the molecule is CCCCCCCCCCCCCCNC(=O)c1ccc2nnn(O)c2c1. The molecule has 0 aliphatic carbocycles. The fourth-order valence-corrected chi connectivity index (χ4v) is 3.32. The minimum atomic E-state index is -0.124. The number of nitrogens with one attached hydrogen (secondary N) is 1. The Morgan fingerprint density at radius 2 is 1.56 bits per heavy atom. The second-order valence-electron chi connectivity index (χ2n) is 7.33. The summed E-state index contributed by atoms with van der Waals surface area (Å²) in [5.41, 5.74) is 1.52. The number of carbonyl (C=O) groups is 1. The zero-order valence-corrected chi connectivity index (χ0v) is 16.6. The number of aromatic nitrogens is 3. The summed E-state index contributed by atoms with van der Waals surface area (Å²) in [7, 11) is 0. The van der Waals surface area contributed by atoms with Gasteiger partial charge < -0.3 is 10.5 Å². The highest BCUT2D eigenvalue weighted by Gasteiger charge is 2.09. The molecule has 2 N–H and O–H groups in total. The van der Waals surface area contributed by atoms with Gasteiger partial charge in [0.2, 0.25) is 0 Å². The lowest BCUT2D eigenvalue weighted by atomic mass is 10.1. The van der Waals surface area contributed by atoms with Crippen LogP contribution in [-0.4, -0.2) is 32.8 Å². The molecule has 1 aromatic carbocycles. The topological polar surface area (TPSA) is 80.0 Å². The third kappa shape index (κ3) is 7.57. The van der Waals surface area contributed by atoms with Crippen LogP contribution in [0.1, 0.15) is 94.3 Å². The van der Waals surface area contributed by atoms with Gasteiger partial charge in [0.25, 0.3) is 5.91 Å². The van der Waals surface area contributed by atoms with Gasteiger partial charge in [-0.25, -0.2) is 0 Å². The summed E-state index contributed by atoms with van der Waals surface area (Å²) < 4.78 is 0. The van der Waals surface area contributed by atoms with Gasteiger partial charge in [-0.05, 0) is 29.8 Å². The van der Waals surface area contributed by atoms with Crippen LogP contribution in [0.3, 0.4) is 0 Å². The predicted molar refractivity (Wildman–Crippen MR) is 108 cm³/mol. The van der Waals surface area contributed by atoms with Crippen LogP contribution in [0.25, 0.3) is 11.0 Å². The molecule has 150 valence electrons. The summed E-state index contributed by atoms with van der Waals surface area (Å²) in [5, 5.41) is 19.8. The first-order valence-corrected chi connectivity index (χ1v) is 10.6. The van der Waals surface area contributed by atoms with E-state index >= 15 is 0 Å². The van der Waals surface area contributed by atoms with Crippen molar-refractivity contribution in [3.63, 3.8) is 0 Å². The molecule has 2 rings (SSSR count). The van der Waals surface area contributed by atoms with Crippen molar-refractivity contribution in [3.8, 4) is 0 Å². The lowest BCUT2D eigenvalue weighted by molar-refractivity contribution is 0.0953. The molecule has 6 nitrogen and oxygen atoms in total. The van der Waals surface area contributed by atoms with Gasteiger partial charge in [-0.3, -0.25) is 4.79 Å². The summed E-state index contributed by atoms with van der Waals surface area (Å²) in [6.45, 7) is 2.94. The number of hydrogen-bond donors (Lipinski definition) is 2. The Labute approximate surface area is 162 Å². The molecule has 0 fully saturated rings. The van der Waals surface area contributed by atoms with Crippen LogP contribution in [0, 0.1) is 0 Å². The number of carbonyl (C=O) groups excluding carboxylic acids is 1. The molecule has 2 aromatic rings. The summed E-state index contributed by atoms with van der Waals surface area (Å²) in [6, 6.07) is 5.00. The molecule has 0 saturated heterocycles. The molecule has 1 amide bonds. The normalized spacial score (nSPS) is 11.1. The predicted octanol–water partition coefficient (Wildman–Crippen LogP) is 5.10. The maximum absolute atomic E-state index is 12.2. The monoisotopic (exact) mass is 374 g/mol. The molecule has 0 bridgehead atoms. The van der Waals surface area contributed by atoms with E-state index in [9.17, 15) is 10.0 Å². The summed E-state index contributed by atoms with van der Waals surface area (Å²) in [6.07, 6.45) is 15.7. The van der Waals surface area contributed by atoms with Gasteiger partial charge >= 0.3 is 0 Å². The third-order valence-corrected chi connectivity index (χ3v) is 5.01. The number of amides is 1. The first kappa shape index (κ1) is 21.2. The van der Waals surface area contributed by atoms with E-state index in [4.69, 9.17) is 0 Å². The maximum Gasteiger partial charge on any atom is 0.251 e. The number of rotatable bonds is 14. The fraction of sp³-hybridized carbons (Fsp3) is 0.667. The average Bonchev–Trinajstić information content (AvgIpc) is 3.05. The Hall–Kier alpha value is -2.11. The van der Waals surface area contributed by atoms with E-state index in [1.165, 1.54) is 64.2 Å². The van der Waals surface area contributed by atoms with Gasteiger partial charge in [-0.15, -0.1) is 5.10 Å². The molecule has 0 saturated carbocycles. The van der Waals surface area contributed by atoms with Crippen LogP contribution in [0.2, 0.25) is 0 Å². The lowest BCUT2D eigenvalue weighted by Gasteiger charge is -2.06. The molecule has 6 heteroatoms. The lowest BCUT2D eigenvalue weighted by Crippen LogP contribution is -2.24. The van der Waals surface area contributed by atoms with Crippen molar-refractivity contribution in [2.24, 2.45) is 0 Å². The maximum atomic E-state index is 12.2. The molecule has 1 aromatic heterocycles. The van der Waals surface area contributed by atoms with Crippen LogP contribution in [-0.2, 0) is 0 Å². The molecule has 0 spiro atoms. The molecule has 0 aliphatic heterocycles. The van der Waals surface area contributed by atoms with Crippen molar-refractivity contribution in [2.75, 3.05) is 6.54 Å². The van der Waals surface area contributed by atoms with Crippen molar-refractivity contribution >= 4 is 16.9 Å². The zero-order chi connectivity index (χ0) is 19.3. The van der Waals surface area contributed by atoms with Crippen molar-refractivity contribution in [1.82, 2.24) is 20.5 Å². The standard InChI is InChI=1S/C21H34N4O2/c1-2-3-4-5-6-7-8-9-10-11-12-13-16-22-21(26)18-14-15-19-20(17-18)25(27)24-23-19/h14-15,17,27H,2-13,16H2,1H3,(H,22,26). The van der Waals surface area contributed by atoms with Gasteiger partial charge in [0.05, 0.1) is 0 Å². The number of unbranched alkanes of at least 4 members (excludes halogenated alkanes) is 11. The molecular weight excluding hydrogens is 340 g/mol. The van der Waals surface area contributed by atoms with Crippen LogP contribution < -0.4 is 5.32 Å². The van der Waals surface area contributed by atoms with Crippen molar-refractivity contribution in [3.05, 3.63) is 23.8 Å². The van der Waals surface area contributed by atoms with Crippen LogP contribution in [0.5, 0.6) is 0 Å². The largest absolute Gasteiger partial charge is 0.410 e. The Balaban J connectivity index is 1.48. The highest BCUT2D eigenvalue weighted by molar-refractivity contribution is 5.97. The van der Waals surface area contributed by atoms with Crippen molar-refractivity contribution < 1.29 is 10.0 Å². The van der Waals surface area contributed by atoms with E-state index < -0.39 is 0 Å². The van der Waals surface area contributed by atoms with Crippen LogP contribution in [0.4, 0.5) is 0 Å².